The Labute approximate surface area is 156 Å². The zero-order valence-electron chi connectivity index (χ0n) is 13.4. The van der Waals surface area contributed by atoms with Gasteiger partial charge >= 0.3 is 5.97 Å². The first-order valence-corrected chi connectivity index (χ1v) is 8.77. The van der Waals surface area contributed by atoms with Gasteiger partial charge in [-0.3, -0.25) is 9.59 Å². The highest BCUT2D eigenvalue weighted by Crippen LogP contribution is 2.25. The van der Waals surface area contributed by atoms with Gasteiger partial charge in [-0.25, -0.2) is 0 Å². The summed E-state index contributed by atoms with van der Waals surface area (Å²) >= 11 is 12.0. The predicted molar refractivity (Wildman–Crippen MR) is 96.6 cm³/mol. The van der Waals surface area contributed by atoms with Gasteiger partial charge in [-0.1, -0.05) is 59.6 Å². The first-order chi connectivity index (χ1) is 12.0. The molecule has 25 heavy (non-hydrogen) atoms. The minimum atomic E-state index is -0.972. The summed E-state index contributed by atoms with van der Waals surface area (Å²) in [5.41, 5.74) is 1.24. The molecule has 130 valence electrons. The Kier molecular flexibility index (Phi) is 5.61. The maximum Gasteiger partial charge on any atom is 0.311 e. The number of esters is 1. The molecule has 1 saturated carbocycles. The van der Waals surface area contributed by atoms with Crippen molar-refractivity contribution < 1.29 is 14.3 Å². The molecule has 1 N–H and O–H groups in total. The van der Waals surface area contributed by atoms with Crippen molar-refractivity contribution in [3.8, 4) is 0 Å². The van der Waals surface area contributed by atoms with E-state index in [0.717, 1.165) is 12.8 Å². The van der Waals surface area contributed by atoms with E-state index in [0.29, 0.717) is 21.2 Å². The monoisotopic (exact) mass is 377 g/mol. The number of hydrogen-bond acceptors (Lipinski definition) is 3. The highest BCUT2D eigenvalue weighted by atomic mass is 35.5. The first-order valence-electron chi connectivity index (χ1n) is 8.01. The second kappa shape index (κ2) is 7.89. The highest BCUT2D eigenvalue weighted by molar-refractivity contribution is 6.35. The average Bonchev–Trinajstić information content (AvgIpc) is 3.40. The fourth-order valence-electron chi connectivity index (χ4n) is 2.40. The zero-order valence-corrected chi connectivity index (χ0v) is 14.9. The molecule has 1 atom stereocenters. The minimum Gasteiger partial charge on any atom is -0.447 e. The molecule has 0 unspecified atom stereocenters. The van der Waals surface area contributed by atoms with Crippen LogP contribution in [-0.2, 0) is 20.7 Å². The van der Waals surface area contributed by atoms with Crippen molar-refractivity contribution in [2.45, 2.75) is 31.4 Å². The van der Waals surface area contributed by atoms with E-state index in [1.165, 1.54) is 0 Å². The van der Waals surface area contributed by atoms with Crippen LogP contribution in [0.1, 0.15) is 30.1 Å². The van der Waals surface area contributed by atoms with Crippen LogP contribution in [0.4, 0.5) is 0 Å². The lowest BCUT2D eigenvalue weighted by molar-refractivity contribution is -0.156. The molecule has 1 aliphatic carbocycles. The standard InChI is InChI=1S/C19H17Cl2NO3/c20-14-7-6-13(16(21)11-14)10-17(23)25-18(12-4-2-1-3-5-12)19(24)22-15-8-9-15/h1-7,11,15,18H,8-10H2,(H,22,24)/t18-/m1/s1. The van der Waals surface area contributed by atoms with Crippen LogP contribution in [0, 0.1) is 0 Å². The Balaban J connectivity index is 1.72. The number of carbonyl (C=O) groups is 2. The van der Waals surface area contributed by atoms with Crippen molar-refractivity contribution in [1.82, 2.24) is 5.32 Å². The Bertz CT molecular complexity index is 775. The van der Waals surface area contributed by atoms with E-state index in [1.807, 2.05) is 6.07 Å². The molecule has 0 bridgehead atoms. The van der Waals surface area contributed by atoms with Crippen LogP contribution in [0.5, 0.6) is 0 Å². The van der Waals surface area contributed by atoms with Gasteiger partial charge in [0.05, 0.1) is 6.42 Å². The lowest BCUT2D eigenvalue weighted by Gasteiger charge is -2.18. The average molecular weight is 378 g/mol. The lowest BCUT2D eigenvalue weighted by Crippen LogP contribution is -2.33. The maximum absolute atomic E-state index is 12.5. The fraction of sp³-hybridized carbons (Fsp3) is 0.263. The van der Waals surface area contributed by atoms with E-state index in [9.17, 15) is 9.59 Å². The minimum absolute atomic E-state index is 0.0317. The quantitative estimate of drug-likeness (QED) is 0.770. The van der Waals surface area contributed by atoms with Gasteiger partial charge in [0, 0.05) is 21.7 Å². The van der Waals surface area contributed by atoms with Gasteiger partial charge in [-0.05, 0) is 30.5 Å². The van der Waals surface area contributed by atoms with E-state index >= 15 is 0 Å². The lowest BCUT2D eigenvalue weighted by atomic mass is 10.1. The normalized spacial score (nSPS) is 14.6. The topological polar surface area (TPSA) is 55.4 Å². The molecule has 2 aromatic rings. The van der Waals surface area contributed by atoms with Gasteiger partial charge in [0.25, 0.3) is 5.91 Å². The highest BCUT2D eigenvalue weighted by Gasteiger charge is 2.30. The van der Waals surface area contributed by atoms with Gasteiger partial charge < -0.3 is 10.1 Å². The van der Waals surface area contributed by atoms with E-state index in [1.54, 1.807) is 42.5 Å². The molecule has 0 aromatic heterocycles. The summed E-state index contributed by atoms with van der Waals surface area (Å²) in [6, 6.07) is 14.1. The summed E-state index contributed by atoms with van der Waals surface area (Å²) in [6.07, 6.45) is 0.916. The summed E-state index contributed by atoms with van der Waals surface area (Å²) in [7, 11) is 0. The summed E-state index contributed by atoms with van der Waals surface area (Å²) in [4.78, 5) is 24.8. The molecule has 0 radical (unpaired) electrons. The van der Waals surface area contributed by atoms with Crippen LogP contribution in [0.15, 0.2) is 48.5 Å². The third-order valence-corrected chi connectivity index (χ3v) is 4.45. The summed E-state index contributed by atoms with van der Waals surface area (Å²) < 4.78 is 5.47. The first kappa shape index (κ1) is 17.8. The Morgan fingerprint density at radius 3 is 2.48 bits per heavy atom. The molecule has 0 saturated heterocycles. The Hall–Kier alpha value is -2.04. The van der Waals surface area contributed by atoms with Crippen molar-refractivity contribution in [2.24, 2.45) is 0 Å². The molecule has 1 aliphatic rings. The van der Waals surface area contributed by atoms with E-state index in [-0.39, 0.29) is 18.4 Å². The van der Waals surface area contributed by atoms with Crippen LogP contribution in [-0.4, -0.2) is 17.9 Å². The zero-order chi connectivity index (χ0) is 17.8. The van der Waals surface area contributed by atoms with E-state index in [4.69, 9.17) is 27.9 Å². The van der Waals surface area contributed by atoms with Crippen LogP contribution in [0.25, 0.3) is 0 Å². The second-order valence-electron chi connectivity index (χ2n) is 5.98. The Morgan fingerprint density at radius 1 is 1.12 bits per heavy atom. The van der Waals surface area contributed by atoms with Crippen LogP contribution < -0.4 is 5.32 Å². The van der Waals surface area contributed by atoms with Crippen molar-refractivity contribution in [3.63, 3.8) is 0 Å². The summed E-state index contributed by atoms with van der Waals surface area (Å²) in [6.45, 7) is 0. The van der Waals surface area contributed by atoms with Crippen molar-refractivity contribution in [3.05, 3.63) is 69.7 Å². The van der Waals surface area contributed by atoms with Crippen molar-refractivity contribution >= 4 is 35.1 Å². The number of halogens is 2. The number of carbonyl (C=O) groups excluding carboxylic acids is 2. The largest absolute Gasteiger partial charge is 0.447 e. The van der Waals surface area contributed by atoms with Gasteiger partial charge in [0.15, 0.2) is 0 Å². The molecule has 1 amide bonds. The van der Waals surface area contributed by atoms with Gasteiger partial charge in [-0.15, -0.1) is 0 Å². The van der Waals surface area contributed by atoms with Gasteiger partial charge in [0.2, 0.25) is 6.10 Å². The van der Waals surface area contributed by atoms with Crippen LogP contribution in [0.2, 0.25) is 10.0 Å². The fourth-order valence-corrected chi connectivity index (χ4v) is 2.87. The number of ether oxygens (including phenoxy) is 1. The SMILES string of the molecule is O=C(Cc1ccc(Cl)cc1Cl)O[C@@H](C(=O)NC1CC1)c1ccccc1. The number of rotatable bonds is 6. The molecular formula is C19H17Cl2NO3. The molecule has 0 heterocycles. The maximum atomic E-state index is 12.5. The second-order valence-corrected chi connectivity index (χ2v) is 6.82. The molecule has 6 heteroatoms. The number of benzene rings is 2. The predicted octanol–water partition coefficient (Wildman–Crippen LogP) is 4.10. The molecule has 0 aliphatic heterocycles. The molecule has 3 rings (SSSR count). The smallest absolute Gasteiger partial charge is 0.311 e. The van der Waals surface area contributed by atoms with Crippen LogP contribution >= 0.6 is 23.2 Å². The van der Waals surface area contributed by atoms with Crippen molar-refractivity contribution in [1.29, 1.82) is 0 Å². The molecule has 0 spiro atoms. The number of amides is 1. The third-order valence-electron chi connectivity index (χ3n) is 3.86. The molecular weight excluding hydrogens is 361 g/mol. The molecule has 1 fully saturated rings. The molecule has 2 aromatic carbocycles. The molecule has 4 nitrogen and oxygen atoms in total. The van der Waals surface area contributed by atoms with Crippen LogP contribution in [0.3, 0.4) is 0 Å². The third kappa shape index (κ3) is 4.97. The van der Waals surface area contributed by atoms with E-state index < -0.39 is 12.1 Å². The number of hydrogen-bond donors (Lipinski definition) is 1. The Morgan fingerprint density at radius 2 is 1.84 bits per heavy atom. The summed E-state index contributed by atoms with van der Waals surface area (Å²) in [5, 5.41) is 3.77. The summed E-state index contributed by atoms with van der Waals surface area (Å²) in [5.74, 6) is -0.826. The van der Waals surface area contributed by atoms with Gasteiger partial charge in [-0.2, -0.15) is 0 Å². The number of nitrogens with one attached hydrogen (secondary N) is 1. The van der Waals surface area contributed by atoms with Gasteiger partial charge in [0.1, 0.15) is 0 Å². The van der Waals surface area contributed by atoms with Crippen molar-refractivity contribution in [2.75, 3.05) is 0 Å². The van der Waals surface area contributed by atoms with E-state index in [2.05, 4.69) is 5.32 Å².